The molecule has 2 rings (SSSR count). The lowest BCUT2D eigenvalue weighted by Gasteiger charge is -2.21. The van der Waals surface area contributed by atoms with Crippen LogP contribution in [0.1, 0.15) is 43.1 Å². The third-order valence-corrected chi connectivity index (χ3v) is 3.39. The molecule has 102 valence electrons. The minimum absolute atomic E-state index is 0.163. The summed E-state index contributed by atoms with van der Waals surface area (Å²) in [7, 11) is 1.94. The normalized spacial score (nSPS) is 12.6. The minimum Gasteiger partial charge on any atom is -0.305 e. The van der Waals surface area contributed by atoms with Crippen molar-refractivity contribution in [3.05, 3.63) is 47.3 Å². The van der Waals surface area contributed by atoms with Gasteiger partial charge in [0.1, 0.15) is 0 Å². The topological polar surface area (TPSA) is 42.7 Å². The predicted octanol–water partition coefficient (Wildman–Crippen LogP) is 2.47. The van der Waals surface area contributed by atoms with Crippen LogP contribution in [-0.4, -0.2) is 21.5 Å². The van der Waals surface area contributed by atoms with E-state index in [0.717, 1.165) is 25.1 Å². The molecule has 1 heterocycles. The molecule has 0 fully saturated rings. The van der Waals surface area contributed by atoms with Crippen LogP contribution in [0.3, 0.4) is 0 Å². The van der Waals surface area contributed by atoms with Crippen molar-refractivity contribution in [2.75, 3.05) is 6.54 Å². The first kappa shape index (κ1) is 13.7. The van der Waals surface area contributed by atoms with Crippen LogP contribution in [0.5, 0.6) is 0 Å². The number of hydrogen-bond acceptors (Lipinski definition) is 3. The molecule has 0 radical (unpaired) electrons. The summed E-state index contributed by atoms with van der Waals surface area (Å²) >= 11 is 0. The second kappa shape index (κ2) is 6.48. The molecule has 0 aliphatic carbocycles. The van der Waals surface area contributed by atoms with E-state index in [9.17, 15) is 0 Å². The van der Waals surface area contributed by atoms with E-state index in [1.165, 1.54) is 11.1 Å². The second-order valence-electron chi connectivity index (χ2n) is 4.72. The summed E-state index contributed by atoms with van der Waals surface area (Å²) in [5, 5.41) is 11.7. The van der Waals surface area contributed by atoms with E-state index in [-0.39, 0.29) is 6.04 Å². The fourth-order valence-corrected chi connectivity index (χ4v) is 2.36. The summed E-state index contributed by atoms with van der Waals surface area (Å²) in [4.78, 5) is 0. The van der Waals surface area contributed by atoms with Gasteiger partial charge in [-0.1, -0.05) is 43.3 Å². The van der Waals surface area contributed by atoms with Gasteiger partial charge in [-0.05, 0) is 30.5 Å². The predicted molar refractivity (Wildman–Crippen MR) is 77.0 cm³/mol. The van der Waals surface area contributed by atoms with Gasteiger partial charge in [0.15, 0.2) is 0 Å². The van der Waals surface area contributed by atoms with E-state index < -0.39 is 0 Å². The average Bonchev–Trinajstić information content (AvgIpc) is 2.86. The van der Waals surface area contributed by atoms with E-state index >= 15 is 0 Å². The highest BCUT2D eigenvalue weighted by molar-refractivity contribution is 5.34. The lowest BCUT2D eigenvalue weighted by atomic mass is 9.96. The largest absolute Gasteiger partial charge is 0.305 e. The first-order chi connectivity index (χ1) is 9.27. The lowest BCUT2D eigenvalue weighted by Crippen LogP contribution is -2.26. The van der Waals surface area contributed by atoms with Crippen LogP contribution in [0.4, 0.5) is 0 Å². The smallest absolute Gasteiger partial charge is 0.0798 e. The van der Waals surface area contributed by atoms with E-state index in [1.54, 1.807) is 0 Å². The average molecular weight is 258 g/mol. The Morgan fingerprint density at radius 1 is 1.26 bits per heavy atom. The molecule has 1 aromatic carbocycles. The van der Waals surface area contributed by atoms with Crippen LogP contribution in [-0.2, 0) is 13.5 Å². The van der Waals surface area contributed by atoms with Gasteiger partial charge in [0.05, 0.1) is 17.9 Å². The summed E-state index contributed by atoms with van der Waals surface area (Å²) in [5.41, 5.74) is 3.80. The Kier molecular flexibility index (Phi) is 4.68. The summed E-state index contributed by atoms with van der Waals surface area (Å²) in [5.74, 6) is 0. The van der Waals surface area contributed by atoms with Gasteiger partial charge >= 0.3 is 0 Å². The maximum absolute atomic E-state index is 4.05. The van der Waals surface area contributed by atoms with Crippen LogP contribution >= 0.6 is 0 Å². The molecule has 2 aromatic rings. The highest BCUT2D eigenvalue weighted by Crippen LogP contribution is 2.24. The molecule has 19 heavy (non-hydrogen) atoms. The molecular weight excluding hydrogens is 236 g/mol. The number of nitrogens with one attached hydrogen (secondary N) is 1. The van der Waals surface area contributed by atoms with Crippen molar-refractivity contribution in [1.29, 1.82) is 0 Å². The monoisotopic (exact) mass is 258 g/mol. The molecule has 1 aromatic heterocycles. The number of nitrogens with zero attached hydrogens (tertiary/aromatic N) is 3. The molecule has 0 spiro atoms. The van der Waals surface area contributed by atoms with Gasteiger partial charge in [0.25, 0.3) is 0 Å². The number of rotatable bonds is 6. The zero-order valence-electron chi connectivity index (χ0n) is 11.9. The van der Waals surface area contributed by atoms with Crippen molar-refractivity contribution in [3.63, 3.8) is 0 Å². The van der Waals surface area contributed by atoms with Gasteiger partial charge in [0, 0.05) is 7.05 Å². The Morgan fingerprint density at radius 3 is 2.68 bits per heavy atom. The summed E-state index contributed by atoms with van der Waals surface area (Å²) < 4.78 is 1.85. The summed E-state index contributed by atoms with van der Waals surface area (Å²) in [6, 6.07) is 8.74. The number of aromatic nitrogens is 3. The Morgan fingerprint density at radius 2 is 2.05 bits per heavy atom. The maximum atomic E-state index is 4.05. The quantitative estimate of drug-likeness (QED) is 0.865. The Hall–Kier alpha value is -1.68. The highest BCUT2D eigenvalue weighted by Gasteiger charge is 2.19. The van der Waals surface area contributed by atoms with Gasteiger partial charge < -0.3 is 5.32 Å². The molecule has 1 N–H and O–H groups in total. The molecule has 0 aliphatic rings. The van der Waals surface area contributed by atoms with Crippen LogP contribution in [0.25, 0.3) is 0 Å². The zero-order chi connectivity index (χ0) is 13.7. The van der Waals surface area contributed by atoms with Crippen LogP contribution in [0.2, 0.25) is 0 Å². The Bertz CT molecular complexity index is 518. The maximum Gasteiger partial charge on any atom is 0.0798 e. The first-order valence-electron chi connectivity index (χ1n) is 6.93. The summed E-state index contributed by atoms with van der Waals surface area (Å²) in [6.07, 6.45) is 3.99. The molecule has 0 amide bonds. The standard InChI is InChI=1S/C15H22N4/c1-4-10-16-15(14-11-17-18-19(14)3)13-9-7-6-8-12(13)5-2/h6-9,11,15-16H,4-5,10H2,1-3H3. The van der Waals surface area contributed by atoms with Gasteiger partial charge in [-0.25, -0.2) is 0 Å². The van der Waals surface area contributed by atoms with Crippen LogP contribution < -0.4 is 5.32 Å². The van der Waals surface area contributed by atoms with Crippen molar-refractivity contribution < 1.29 is 0 Å². The SMILES string of the molecule is CCCNC(c1ccccc1CC)c1cnnn1C. The fraction of sp³-hybridized carbons (Fsp3) is 0.467. The third kappa shape index (κ3) is 3.01. The van der Waals surface area contributed by atoms with E-state index in [4.69, 9.17) is 0 Å². The second-order valence-corrected chi connectivity index (χ2v) is 4.72. The molecule has 1 atom stereocenters. The fourth-order valence-electron chi connectivity index (χ4n) is 2.36. The van der Waals surface area contributed by atoms with Crippen molar-refractivity contribution >= 4 is 0 Å². The molecule has 4 heteroatoms. The van der Waals surface area contributed by atoms with E-state index in [1.807, 2.05) is 17.9 Å². The molecule has 4 nitrogen and oxygen atoms in total. The molecule has 0 aliphatic heterocycles. The third-order valence-electron chi connectivity index (χ3n) is 3.39. The molecule has 0 bridgehead atoms. The van der Waals surface area contributed by atoms with Crippen molar-refractivity contribution in [2.45, 2.75) is 32.7 Å². The first-order valence-corrected chi connectivity index (χ1v) is 6.93. The number of benzene rings is 1. The van der Waals surface area contributed by atoms with Gasteiger partial charge in [0.2, 0.25) is 0 Å². The summed E-state index contributed by atoms with van der Waals surface area (Å²) in [6.45, 7) is 5.35. The molecule has 0 saturated carbocycles. The highest BCUT2D eigenvalue weighted by atomic mass is 15.4. The molecule has 1 unspecified atom stereocenters. The number of aryl methyl sites for hydroxylation is 2. The van der Waals surface area contributed by atoms with Crippen LogP contribution in [0, 0.1) is 0 Å². The minimum atomic E-state index is 0.163. The van der Waals surface area contributed by atoms with Crippen molar-refractivity contribution in [3.8, 4) is 0 Å². The number of hydrogen-bond donors (Lipinski definition) is 1. The van der Waals surface area contributed by atoms with E-state index in [0.29, 0.717) is 0 Å². The van der Waals surface area contributed by atoms with Crippen molar-refractivity contribution in [1.82, 2.24) is 20.3 Å². The lowest BCUT2D eigenvalue weighted by molar-refractivity contribution is 0.548. The van der Waals surface area contributed by atoms with Gasteiger partial charge in [-0.3, -0.25) is 4.68 Å². The molecule has 0 saturated heterocycles. The van der Waals surface area contributed by atoms with Crippen molar-refractivity contribution in [2.24, 2.45) is 7.05 Å². The molecular formula is C15H22N4. The van der Waals surface area contributed by atoms with Gasteiger partial charge in [-0.2, -0.15) is 0 Å². The van der Waals surface area contributed by atoms with E-state index in [2.05, 4.69) is 53.7 Å². The zero-order valence-corrected chi connectivity index (χ0v) is 11.9. The van der Waals surface area contributed by atoms with Crippen LogP contribution in [0.15, 0.2) is 30.5 Å². The Labute approximate surface area is 114 Å². The Balaban J connectivity index is 2.40. The van der Waals surface area contributed by atoms with Gasteiger partial charge in [-0.15, -0.1) is 5.10 Å².